The topological polar surface area (TPSA) is 60.2 Å². The number of nitrogens with two attached hydrogens (primary N) is 1. The van der Waals surface area contributed by atoms with Crippen LogP contribution in [0.3, 0.4) is 0 Å². The highest BCUT2D eigenvalue weighted by Gasteiger charge is 2.29. The number of hydrogen-bond acceptors (Lipinski definition) is 2. The highest BCUT2D eigenvalue weighted by atomic mass is 32.2. The highest BCUT2D eigenvalue weighted by molar-refractivity contribution is 7.89. The first kappa shape index (κ1) is 12.7. The van der Waals surface area contributed by atoms with Crippen molar-refractivity contribution in [2.75, 3.05) is 0 Å². The van der Waals surface area contributed by atoms with Gasteiger partial charge in [0.05, 0.1) is 5.25 Å². The summed E-state index contributed by atoms with van der Waals surface area (Å²) in [5.74, 6) is 0.0810. The molecule has 0 rings (SSSR count). The Morgan fingerprint density at radius 3 is 2.08 bits per heavy atom. The summed E-state index contributed by atoms with van der Waals surface area (Å²) >= 11 is 0. The Morgan fingerprint density at radius 2 is 1.85 bits per heavy atom. The lowest BCUT2D eigenvalue weighted by atomic mass is 9.95. The molecular formula is C9H19NO2S. The fourth-order valence-corrected chi connectivity index (χ4v) is 3.27. The van der Waals surface area contributed by atoms with Gasteiger partial charge >= 0.3 is 0 Å². The Morgan fingerprint density at radius 1 is 1.38 bits per heavy atom. The van der Waals surface area contributed by atoms with E-state index in [2.05, 4.69) is 6.58 Å². The molecule has 0 heterocycles. The van der Waals surface area contributed by atoms with Crippen molar-refractivity contribution in [1.29, 1.82) is 0 Å². The van der Waals surface area contributed by atoms with Gasteiger partial charge in [-0.1, -0.05) is 26.8 Å². The van der Waals surface area contributed by atoms with E-state index in [1.165, 1.54) is 0 Å². The molecule has 0 aromatic carbocycles. The minimum atomic E-state index is -3.43. The first-order chi connectivity index (χ1) is 5.80. The van der Waals surface area contributed by atoms with Crippen molar-refractivity contribution in [2.45, 2.75) is 32.4 Å². The molecule has 0 saturated carbocycles. The van der Waals surface area contributed by atoms with Gasteiger partial charge in [-0.2, -0.15) is 0 Å². The Balaban J connectivity index is 4.72. The molecule has 3 nitrogen and oxygen atoms in total. The standard InChI is InChI=1S/C9H19NO2S/c1-5-6-8(4)9(7(2)3)13(10,11)12/h5,7-9H,1,6H2,2-4H3,(H2,10,11,12). The van der Waals surface area contributed by atoms with E-state index < -0.39 is 15.3 Å². The van der Waals surface area contributed by atoms with Crippen molar-refractivity contribution in [3.05, 3.63) is 12.7 Å². The molecule has 2 N–H and O–H groups in total. The van der Waals surface area contributed by atoms with E-state index in [0.717, 1.165) is 0 Å². The number of primary sulfonamides is 1. The van der Waals surface area contributed by atoms with E-state index in [9.17, 15) is 8.42 Å². The monoisotopic (exact) mass is 205 g/mol. The van der Waals surface area contributed by atoms with Gasteiger partial charge in [0.2, 0.25) is 10.0 Å². The van der Waals surface area contributed by atoms with Gasteiger partial charge in [0, 0.05) is 0 Å². The third kappa shape index (κ3) is 3.91. The van der Waals surface area contributed by atoms with Gasteiger partial charge in [0.1, 0.15) is 0 Å². The van der Waals surface area contributed by atoms with Gasteiger partial charge in [0.25, 0.3) is 0 Å². The molecule has 0 radical (unpaired) electrons. The molecule has 0 aliphatic rings. The van der Waals surface area contributed by atoms with Gasteiger partial charge in [-0.15, -0.1) is 6.58 Å². The van der Waals surface area contributed by atoms with Crippen LogP contribution in [0.5, 0.6) is 0 Å². The van der Waals surface area contributed by atoms with Crippen molar-refractivity contribution >= 4 is 10.0 Å². The van der Waals surface area contributed by atoms with Crippen LogP contribution in [0.4, 0.5) is 0 Å². The van der Waals surface area contributed by atoms with Gasteiger partial charge in [-0.25, -0.2) is 13.6 Å². The summed E-state index contributed by atoms with van der Waals surface area (Å²) in [6.45, 7) is 9.21. The lowest BCUT2D eigenvalue weighted by Crippen LogP contribution is -2.37. The van der Waals surface area contributed by atoms with E-state index in [0.29, 0.717) is 6.42 Å². The summed E-state index contributed by atoms with van der Waals surface area (Å²) in [5, 5.41) is 4.68. The van der Waals surface area contributed by atoms with Crippen LogP contribution in [0.2, 0.25) is 0 Å². The highest BCUT2D eigenvalue weighted by Crippen LogP contribution is 2.21. The second kappa shape index (κ2) is 4.77. The first-order valence-corrected chi connectivity index (χ1v) is 6.04. The SMILES string of the molecule is C=CCC(C)C(C(C)C)S(N)(=O)=O. The minimum Gasteiger partial charge on any atom is -0.228 e. The maximum Gasteiger partial charge on any atom is 0.212 e. The molecule has 0 saturated heterocycles. The van der Waals surface area contributed by atoms with E-state index in [1.54, 1.807) is 6.08 Å². The number of hydrogen-bond donors (Lipinski definition) is 1. The van der Waals surface area contributed by atoms with Crippen molar-refractivity contribution in [1.82, 2.24) is 0 Å². The molecule has 0 fully saturated rings. The van der Waals surface area contributed by atoms with Crippen LogP contribution in [0, 0.1) is 11.8 Å². The van der Waals surface area contributed by atoms with Crippen molar-refractivity contribution in [3.63, 3.8) is 0 Å². The Hall–Kier alpha value is -0.350. The van der Waals surface area contributed by atoms with Crippen LogP contribution >= 0.6 is 0 Å². The molecule has 2 atom stereocenters. The average Bonchev–Trinajstić information content (AvgIpc) is 1.82. The zero-order valence-electron chi connectivity index (χ0n) is 8.53. The molecule has 13 heavy (non-hydrogen) atoms. The Kier molecular flexibility index (Phi) is 4.64. The van der Waals surface area contributed by atoms with Gasteiger partial charge in [-0.05, 0) is 18.3 Å². The summed E-state index contributed by atoms with van der Waals surface area (Å²) in [4.78, 5) is 0. The fraction of sp³-hybridized carbons (Fsp3) is 0.778. The van der Waals surface area contributed by atoms with E-state index in [-0.39, 0.29) is 11.8 Å². The first-order valence-electron chi connectivity index (χ1n) is 4.43. The summed E-state index contributed by atoms with van der Waals surface area (Å²) < 4.78 is 22.5. The smallest absolute Gasteiger partial charge is 0.212 e. The van der Waals surface area contributed by atoms with Crippen LogP contribution in [-0.4, -0.2) is 13.7 Å². The molecule has 0 amide bonds. The summed E-state index contributed by atoms with van der Waals surface area (Å²) in [6.07, 6.45) is 2.41. The molecular weight excluding hydrogens is 186 g/mol. The van der Waals surface area contributed by atoms with Gasteiger partial charge in [-0.3, -0.25) is 0 Å². The number of sulfonamides is 1. The molecule has 0 spiro atoms. The summed E-state index contributed by atoms with van der Waals surface area (Å²) in [7, 11) is -3.43. The molecule has 0 bridgehead atoms. The fourth-order valence-electron chi connectivity index (χ4n) is 1.76. The minimum absolute atomic E-state index is 0.0347. The molecule has 0 aliphatic heterocycles. The molecule has 2 unspecified atom stereocenters. The van der Waals surface area contributed by atoms with Crippen LogP contribution in [0.25, 0.3) is 0 Å². The van der Waals surface area contributed by atoms with E-state index in [4.69, 9.17) is 5.14 Å². The second-order valence-corrected chi connectivity index (χ2v) is 5.52. The summed E-state index contributed by atoms with van der Waals surface area (Å²) in [6, 6.07) is 0. The van der Waals surface area contributed by atoms with Crippen molar-refractivity contribution in [2.24, 2.45) is 17.0 Å². The largest absolute Gasteiger partial charge is 0.228 e. The maximum absolute atomic E-state index is 11.2. The molecule has 4 heteroatoms. The maximum atomic E-state index is 11.2. The molecule has 0 aromatic rings. The second-order valence-electron chi connectivity index (χ2n) is 3.80. The summed E-state index contributed by atoms with van der Waals surface area (Å²) in [5.41, 5.74) is 0. The average molecular weight is 205 g/mol. The van der Waals surface area contributed by atoms with Crippen LogP contribution in [0.1, 0.15) is 27.2 Å². The van der Waals surface area contributed by atoms with E-state index >= 15 is 0 Å². The molecule has 0 aromatic heterocycles. The predicted octanol–water partition coefficient (Wildman–Crippen LogP) is 1.51. The van der Waals surface area contributed by atoms with Gasteiger partial charge in [0.15, 0.2) is 0 Å². The number of rotatable bonds is 5. The van der Waals surface area contributed by atoms with Gasteiger partial charge < -0.3 is 0 Å². The molecule has 78 valence electrons. The lowest BCUT2D eigenvalue weighted by molar-refractivity contribution is 0.430. The van der Waals surface area contributed by atoms with Crippen LogP contribution in [0.15, 0.2) is 12.7 Å². The van der Waals surface area contributed by atoms with Crippen LogP contribution < -0.4 is 5.14 Å². The van der Waals surface area contributed by atoms with Crippen molar-refractivity contribution in [3.8, 4) is 0 Å². The zero-order chi connectivity index (χ0) is 10.6. The Bertz CT molecular complexity index is 257. The third-order valence-electron chi connectivity index (χ3n) is 2.14. The normalized spacial score (nSPS) is 17.0. The Labute approximate surface area is 81.1 Å². The quantitative estimate of drug-likeness (QED) is 0.692. The third-order valence-corrected chi connectivity index (χ3v) is 3.90. The van der Waals surface area contributed by atoms with Crippen LogP contribution in [-0.2, 0) is 10.0 Å². The lowest BCUT2D eigenvalue weighted by Gasteiger charge is -2.24. The zero-order valence-corrected chi connectivity index (χ0v) is 9.34. The molecule has 0 aliphatic carbocycles. The van der Waals surface area contributed by atoms with Crippen molar-refractivity contribution < 1.29 is 8.42 Å². The number of allylic oxidation sites excluding steroid dienone is 1. The predicted molar refractivity (Wildman–Crippen MR) is 55.7 cm³/mol. The van der Waals surface area contributed by atoms with E-state index in [1.807, 2.05) is 20.8 Å².